The summed E-state index contributed by atoms with van der Waals surface area (Å²) >= 11 is 0. The molecule has 1 N–H and O–H groups in total. The van der Waals surface area contributed by atoms with E-state index in [0.29, 0.717) is 19.5 Å². The first-order valence-electron chi connectivity index (χ1n) is 6.44. The van der Waals surface area contributed by atoms with Crippen LogP contribution in [0.4, 0.5) is 0 Å². The fourth-order valence-electron chi connectivity index (χ4n) is 1.50. The molecule has 0 spiro atoms. The molecule has 17 heavy (non-hydrogen) atoms. The van der Waals surface area contributed by atoms with Crippen LogP contribution in [-0.2, 0) is 9.53 Å². The summed E-state index contributed by atoms with van der Waals surface area (Å²) in [6, 6.07) is 0. The number of aliphatic hydroxyl groups is 1. The Kier molecular flexibility index (Phi) is 8.17. The van der Waals surface area contributed by atoms with Gasteiger partial charge in [-0.25, -0.2) is 0 Å². The Labute approximate surface area is 105 Å². The van der Waals surface area contributed by atoms with Crippen LogP contribution in [0.25, 0.3) is 0 Å². The minimum absolute atomic E-state index is 0.137. The van der Waals surface area contributed by atoms with Gasteiger partial charge in [0.15, 0.2) is 0 Å². The average Bonchev–Trinajstić information content (AvgIpc) is 2.19. The van der Waals surface area contributed by atoms with Gasteiger partial charge in [-0.1, -0.05) is 13.3 Å². The van der Waals surface area contributed by atoms with E-state index in [1.807, 2.05) is 20.8 Å². The molecule has 0 bridgehead atoms. The number of ether oxygens (including phenoxy) is 1. The van der Waals surface area contributed by atoms with Gasteiger partial charge in [-0.2, -0.15) is 0 Å². The van der Waals surface area contributed by atoms with Crippen LogP contribution in [0.1, 0.15) is 47.0 Å². The molecule has 0 radical (unpaired) electrons. The van der Waals surface area contributed by atoms with Crippen molar-refractivity contribution in [3.05, 3.63) is 0 Å². The highest BCUT2D eigenvalue weighted by Gasteiger charge is 2.16. The van der Waals surface area contributed by atoms with Crippen molar-refractivity contribution in [2.24, 2.45) is 0 Å². The van der Waals surface area contributed by atoms with E-state index in [2.05, 4.69) is 11.8 Å². The van der Waals surface area contributed by atoms with E-state index in [0.717, 1.165) is 19.4 Å². The summed E-state index contributed by atoms with van der Waals surface area (Å²) in [5.74, 6) is -0.170. The third-order valence-electron chi connectivity index (χ3n) is 2.30. The second-order valence-corrected chi connectivity index (χ2v) is 5.26. The smallest absolute Gasteiger partial charge is 0.307 e. The SMILES string of the molecule is CCCCN(CCO)CCC(=O)OC(C)(C)C. The van der Waals surface area contributed by atoms with Crippen LogP contribution in [0.2, 0.25) is 0 Å². The Morgan fingerprint density at radius 2 is 1.88 bits per heavy atom. The van der Waals surface area contributed by atoms with E-state index in [1.54, 1.807) is 0 Å². The van der Waals surface area contributed by atoms with Crippen molar-refractivity contribution in [3.8, 4) is 0 Å². The van der Waals surface area contributed by atoms with Gasteiger partial charge >= 0.3 is 5.97 Å². The first-order valence-corrected chi connectivity index (χ1v) is 6.44. The summed E-state index contributed by atoms with van der Waals surface area (Å²) in [6.45, 7) is 10.1. The number of nitrogens with zero attached hydrogens (tertiary/aromatic N) is 1. The molecular formula is C13H27NO3. The van der Waals surface area contributed by atoms with Crippen molar-refractivity contribution in [1.29, 1.82) is 0 Å². The molecule has 0 aliphatic rings. The number of unbranched alkanes of at least 4 members (excludes halogenated alkanes) is 1. The number of esters is 1. The summed E-state index contributed by atoms with van der Waals surface area (Å²) in [6.07, 6.45) is 2.60. The number of carbonyl (C=O) groups excluding carboxylic acids is 1. The highest BCUT2D eigenvalue weighted by atomic mass is 16.6. The topological polar surface area (TPSA) is 49.8 Å². The standard InChI is InChI=1S/C13H27NO3/c1-5-6-8-14(10-11-15)9-7-12(16)17-13(2,3)4/h15H,5-11H2,1-4H3. The maximum absolute atomic E-state index is 11.5. The molecular weight excluding hydrogens is 218 g/mol. The Morgan fingerprint density at radius 1 is 1.24 bits per heavy atom. The van der Waals surface area contributed by atoms with Crippen molar-refractivity contribution in [1.82, 2.24) is 4.90 Å². The number of hydrogen-bond donors (Lipinski definition) is 1. The predicted molar refractivity (Wildman–Crippen MR) is 68.9 cm³/mol. The van der Waals surface area contributed by atoms with Crippen LogP contribution < -0.4 is 0 Å². The van der Waals surface area contributed by atoms with E-state index in [4.69, 9.17) is 9.84 Å². The summed E-state index contributed by atoms with van der Waals surface area (Å²) in [4.78, 5) is 13.6. The molecule has 0 saturated heterocycles. The number of carbonyl (C=O) groups is 1. The zero-order valence-electron chi connectivity index (χ0n) is 11.7. The molecule has 0 fully saturated rings. The van der Waals surface area contributed by atoms with E-state index in [-0.39, 0.29) is 12.6 Å². The monoisotopic (exact) mass is 245 g/mol. The Balaban J connectivity index is 3.90. The quantitative estimate of drug-likeness (QED) is 0.663. The minimum atomic E-state index is -0.414. The minimum Gasteiger partial charge on any atom is -0.460 e. The van der Waals surface area contributed by atoms with Gasteiger partial charge in [0, 0.05) is 13.1 Å². The summed E-state index contributed by atoms with van der Waals surface area (Å²) < 4.78 is 5.24. The van der Waals surface area contributed by atoms with Crippen LogP contribution in [0.5, 0.6) is 0 Å². The van der Waals surface area contributed by atoms with Gasteiger partial charge in [0.1, 0.15) is 5.60 Å². The van der Waals surface area contributed by atoms with Crippen LogP contribution in [-0.4, -0.2) is 47.8 Å². The van der Waals surface area contributed by atoms with Gasteiger partial charge in [0.05, 0.1) is 13.0 Å². The predicted octanol–water partition coefficient (Wildman–Crippen LogP) is 1.81. The van der Waals surface area contributed by atoms with Gasteiger partial charge in [-0.15, -0.1) is 0 Å². The van der Waals surface area contributed by atoms with E-state index >= 15 is 0 Å². The van der Waals surface area contributed by atoms with Gasteiger partial charge < -0.3 is 14.7 Å². The molecule has 0 aliphatic heterocycles. The van der Waals surface area contributed by atoms with Gasteiger partial charge in [0.2, 0.25) is 0 Å². The lowest BCUT2D eigenvalue weighted by molar-refractivity contribution is -0.155. The van der Waals surface area contributed by atoms with E-state index < -0.39 is 5.60 Å². The average molecular weight is 245 g/mol. The Hall–Kier alpha value is -0.610. The largest absolute Gasteiger partial charge is 0.460 e. The summed E-state index contributed by atoms with van der Waals surface area (Å²) in [5, 5.41) is 8.93. The number of aliphatic hydroxyl groups excluding tert-OH is 1. The molecule has 0 aromatic heterocycles. The highest BCUT2D eigenvalue weighted by Crippen LogP contribution is 2.08. The van der Waals surface area contributed by atoms with E-state index in [9.17, 15) is 4.79 Å². The lowest BCUT2D eigenvalue weighted by Gasteiger charge is -2.23. The van der Waals surface area contributed by atoms with Crippen LogP contribution >= 0.6 is 0 Å². The van der Waals surface area contributed by atoms with Crippen LogP contribution in [0.15, 0.2) is 0 Å². The number of rotatable bonds is 8. The van der Waals surface area contributed by atoms with Crippen molar-refractivity contribution >= 4 is 5.97 Å². The zero-order chi connectivity index (χ0) is 13.3. The molecule has 4 heteroatoms. The molecule has 0 rings (SSSR count). The summed E-state index contributed by atoms with van der Waals surface area (Å²) in [7, 11) is 0. The second-order valence-electron chi connectivity index (χ2n) is 5.26. The Morgan fingerprint density at radius 3 is 2.35 bits per heavy atom. The summed E-state index contributed by atoms with van der Waals surface area (Å²) in [5.41, 5.74) is -0.414. The van der Waals surface area contributed by atoms with Crippen LogP contribution in [0.3, 0.4) is 0 Å². The number of hydrogen-bond acceptors (Lipinski definition) is 4. The lowest BCUT2D eigenvalue weighted by Crippen LogP contribution is -2.32. The first kappa shape index (κ1) is 16.4. The molecule has 0 aromatic carbocycles. The van der Waals surface area contributed by atoms with Gasteiger partial charge in [-0.05, 0) is 33.7 Å². The second kappa shape index (κ2) is 8.48. The molecule has 0 atom stereocenters. The van der Waals surface area contributed by atoms with Crippen molar-refractivity contribution in [3.63, 3.8) is 0 Å². The molecule has 0 saturated carbocycles. The zero-order valence-corrected chi connectivity index (χ0v) is 11.7. The van der Waals surface area contributed by atoms with Gasteiger partial charge in [-0.3, -0.25) is 4.79 Å². The Bertz CT molecular complexity index is 211. The highest BCUT2D eigenvalue weighted by molar-refractivity contribution is 5.70. The lowest BCUT2D eigenvalue weighted by atomic mass is 10.2. The molecule has 0 heterocycles. The van der Waals surface area contributed by atoms with Crippen molar-refractivity contribution in [2.75, 3.05) is 26.2 Å². The fourth-order valence-corrected chi connectivity index (χ4v) is 1.50. The maximum atomic E-state index is 11.5. The maximum Gasteiger partial charge on any atom is 0.307 e. The molecule has 4 nitrogen and oxygen atoms in total. The van der Waals surface area contributed by atoms with E-state index in [1.165, 1.54) is 0 Å². The molecule has 0 aromatic rings. The molecule has 0 unspecified atom stereocenters. The van der Waals surface area contributed by atoms with Crippen molar-refractivity contribution in [2.45, 2.75) is 52.6 Å². The first-order chi connectivity index (χ1) is 7.89. The molecule has 102 valence electrons. The van der Waals surface area contributed by atoms with Crippen LogP contribution in [0, 0.1) is 0 Å². The van der Waals surface area contributed by atoms with Crippen molar-refractivity contribution < 1.29 is 14.6 Å². The normalized spacial score (nSPS) is 11.9. The third-order valence-corrected chi connectivity index (χ3v) is 2.30. The fraction of sp³-hybridized carbons (Fsp3) is 0.923. The molecule has 0 aliphatic carbocycles. The van der Waals surface area contributed by atoms with Gasteiger partial charge in [0.25, 0.3) is 0 Å². The molecule has 0 amide bonds. The third kappa shape index (κ3) is 10.3.